The van der Waals surface area contributed by atoms with Crippen LogP contribution in [0.25, 0.3) is 0 Å². The third-order valence-electron chi connectivity index (χ3n) is 2.12. The van der Waals surface area contributed by atoms with Crippen molar-refractivity contribution in [3.05, 3.63) is 21.9 Å². The fourth-order valence-corrected chi connectivity index (χ4v) is 2.46. The number of hydrogen-bond acceptors (Lipinski definition) is 3. The lowest BCUT2D eigenvalue weighted by molar-refractivity contribution is 0.0998. The summed E-state index contributed by atoms with van der Waals surface area (Å²) in [5.41, 5.74) is 1.22. The van der Waals surface area contributed by atoms with Crippen LogP contribution in [0.3, 0.4) is 0 Å². The largest absolute Gasteiger partial charge is 0.297 e. The first kappa shape index (κ1) is 7.28. The molecule has 2 nitrogen and oxygen atoms in total. The van der Waals surface area contributed by atoms with Gasteiger partial charge in [-0.3, -0.25) is 10.1 Å². The van der Waals surface area contributed by atoms with Crippen LogP contribution in [0.5, 0.6) is 0 Å². The maximum atomic E-state index is 11.2. The van der Waals surface area contributed by atoms with E-state index in [1.807, 2.05) is 11.4 Å². The third kappa shape index (κ3) is 0.732. The van der Waals surface area contributed by atoms with Crippen LogP contribution < -0.4 is 5.32 Å². The molecule has 1 aromatic rings. The molecule has 1 fully saturated rings. The molecule has 11 heavy (non-hydrogen) atoms. The molecule has 3 rings (SSSR count). The Morgan fingerprint density at radius 3 is 3.00 bits per heavy atom. The summed E-state index contributed by atoms with van der Waals surface area (Å²) in [5, 5.41) is 5.10. The lowest BCUT2D eigenvalue weighted by Crippen LogP contribution is -2.05. The number of hydrogen-bond donors (Lipinski definition) is 1. The van der Waals surface area contributed by atoms with Crippen molar-refractivity contribution < 1.29 is 4.79 Å². The van der Waals surface area contributed by atoms with Crippen LogP contribution in [-0.2, 0) is 0 Å². The van der Waals surface area contributed by atoms with Gasteiger partial charge in [0.25, 0.3) is 0 Å². The van der Waals surface area contributed by atoms with E-state index < -0.39 is 0 Å². The van der Waals surface area contributed by atoms with Gasteiger partial charge in [-0.15, -0.1) is 23.7 Å². The Hall–Kier alpha value is -0.380. The third-order valence-corrected chi connectivity index (χ3v) is 3.07. The molecule has 1 saturated heterocycles. The van der Waals surface area contributed by atoms with Crippen LogP contribution in [0, 0.1) is 0 Å². The van der Waals surface area contributed by atoms with Gasteiger partial charge in [-0.25, -0.2) is 0 Å². The normalized spacial score (nSPS) is 30.7. The molecule has 2 unspecified atom stereocenters. The highest BCUT2D eigenvalue weighted by molar-refractivity contribution is 7.12. The lowest BCUT2D eigenvalue weighted by atomic mass is 10.3. The number of nitrogens with one attached hydrogen (secondary N) is 1. The van der Waals surface area contributed by atoms with Crippen LogP contribution >= 0.6 is 23.7 Å². The molecular weight excluding hydrogens is 182 g/mol. The highest BCUT2D eigenvalue weighted by Gasteiger charge is 2.52. The molecule has 4 heteroatoms. The van der Waals surface area contributed by atoms with E-state index in [-0.39, 0.29) is 18.4 Å². The van der Waals surface area contributed by atoms with Crippen molar-refractivity contribution >= 4 is 29.5 Å². The van der Waals surface area contributed by atoms with Gasteiger partial charge in [0, 0.05) is 0 Å². The van der Waals surface area contributed by atoms with Gasteiger partial charge in [-0.1, -0.05) is 0 Å². The van der Waals surface area contributed by atoms with Crippen LogP contribution in [0.4, 0.5) is 0 Å². The summed E-state index contributed by atoms with van der Waals surface area (Å²) in [7, 11) is 0. The van der Waals surface area contributed by atoms with Crippen LogP contribution in [-0.4, -0.2) is 11.8 Å². The molecule has 0 aromatic carbocycles. The molecule has 2 aliphatic rings. The highest BCUT2D eigenvalue weighted by atomic mass is 35.5. The van der Waals surface area contributed by atoms with Crippen molar-refractivity contribution in [3.8, 4) is 0 Å². The highest BCUT2D eigenvalue weighted by Crippen LogP contribution is 2.43. The molecule has 0 bridgehead atoms. The van der Waals surface area contributed by atoms with E-state index >= 15 is 0 Å². The van der Waals surface area contributed by atoms with Crippen molar-refractivity contribution in [2.75, 3.05) is 0 Å². The van der Waals surface area contributed by atoms with Gasteiger partial charge in [-0.05, 0) is 17.0 Å². The van der Waals surface area contributed by atoms with Gasteiger partial charge in [0.2, 0.25) is 0 Å². The standard InChI is InChI=1S/C7H5NOS.ClH/c9-6-5-4(8-5)3-1-2-10-7(3)6;/h1-2,4-5,8H;1H. The molecular formula is C7H6ClNOS. The molecule has 1 N–H and O–H groups in total. The maximum Gasteiger partial charge on any atom is 0.191 e. The van der Waals surface area contributed by atoms with Crippen molar-refractivity contribution in [2.24, 2.45) is 0 Å². The van der Waals surface area contributed by atoms with E-state index in [2.05, 4.69) is 5.32 Å². The monoisotopic (exact) mass is 187 g/mol. The molecule has 0 spiro atoms. The predicted molar refractivity (Wildman–Crippen MR) is 45.6 cm³/mol. The summed E-state index contributed by atoms with van der Waals surface area (Å²) in [4.78, 5) is 12.2. The van der Waals surface area contributed by atoms with Crippen LogP contribution in [0.1, 0.15) is 21.3 Å². The second kappa shape index (κ2) is 2.06. The Labute approximate surface area is 74.0 Å². The molecule has 2 atom stereocenters. The SMILES string of the molecule is Cl.O=C1c2sccc2C2NC12. The Morgan fingerprint density at radius 1 is 1.45 bits per heavy atom. The van der Waals surface area contributed by atoms with E-state index in [1.165, 1.54) is 5.56 Å². The number of carbonyl (C=O) groups is 1. The summed E-state index contributed by atoms with van der Waals surface area (Å²) >= 11 is 1.56. The van der Waals surface area contributed by atoms with E-state index in [0.29, 0.717) is 11.8 Å². The molecule has 1 aliphatic heterocycles. The topological polar surface area (TPSA) is 39.0 Å². The minimum Gasteiger partial charge on any atom is -0.297 e. The Kier molecular flexibility index (Phi) is 1.36. The van der Waals surface area contributed by atoms with E-state index in [1.54, 1.807) is 11.3 Å². The van der Waals surface area contributed by atoms with Gasteiger partial charge in [-0.2, -0.15) is 0 Å². The van der Waals surface area contributed by atoms with Crippen molar-refractivity contribution in [2.45, 2.75) is 12.1 Å². The summed E-state index contributed by atoms with van der Waals surface area (Å²) in [6, 6.07) is 2.58. The maximum absolute atomic E-state index is 11.2. The molecule has 0 saturated carbocycles. The van der Waals surface area contributed by atoms with E-state index in [9.17, 15) is 4.79 Å². The van der Waals surface area contributed by atoms with Gasteiger partial charge in [0.05, 0.1) is 17.0 Å². The number of Topliss-reactive ketones (excluding diaryl/α,β-unsaturated/α-hetero) is 1. The number of fused-ring (bicyclic) bond motifs is 3. The molecule has 0 radical (unpaired) electrons. The fraction of sp³-hybridized carbons (Fsp3) is 0.286. The van der Waals surface area contributed by atoms with Crippen molar-refractivity contribution in [1.29, 1.82) is 0 Å². The summed E-state index contributed by atoms with van der Waals surface area (Å²) in [5.74, 6) is 0.301. The van der Waals surface area contributed by atoms with Gasteiger partial charge >= 0.3 is 0 Å². The number of carbonyl (C=O) groups excluding carboxylic acids is 1. The van der Waals surface area contributed by atoms with Crippen LogP contribution in [0.2, 0.25) is 0 Å². The molecule has 58 valence electrons. The number of rotatable bonds is 0. The first-order valence-corrected chi connectivity index (χ1v) is 4.13. The first-order valence-electron chi connectivity index (χ1n) is 3.25. The van der Waals surface area contributed by atoms with Crippen LogP contribution in [0.15, 0.2) is 11.4 Å². The van der Waals surface area contributed by atoms with Gasteiger partial charge in [0.15, 0.2) is 5.78 Å². The van der Waals surface area contributed by atoms with Gasteiger partial charge in [0.1, 0.15) is 0 Å². The molecule has 2 heterocycles. The second-order valence-corrected chi connectivity index (χ2v) is 3.61. The molecule has 0 amide bonds. The zero-order chi connectivity index (χ0) is 6.72. The molecule has 1 aliphatic carbocycles. The van der Waals surface area contributed by atoms with Gasteiger partial charge < -0.3 is 0 Å². The second-order valence-electron chi connectivity index (χ2n) is 2.69. The summed E-state index contributed by atoms with van der Waals surface area (Å²) in [6.45, 7) is 0. The minimum absolute atomic E-state index is 0. The Bertz CT molecular complexity index is 322. The van der Waals surface area contributed by atoms with Crippen molar-refractivity contribution in [3.63, 3.8) is 0 Å². The Morgan fingerprint density at radius 2 is 2.27 bits per heavy atom. The van der Waals surface area contributed by atoms with Crippen molar-refractivity contribution in [1.82, 2.24) is 5.32 Å². The smallest absolute Gasteiger partial charge is 0.191 e. The average Bonchev–Trinajstić information content (AvgIpc) is 2.48. The lowest BCUT2D eigenvalue weighted by Gasteiger charge is -1.88. The summed E-state index contributed by atoms with van der Waals surface area (Å²) < 4.78 is 0. The minimum atomic E-state index is 0. The van der Waals surface area contributed by atoms with E-state index in [0.717, 1.165) is 4.88 Å². The quantitative estimate of drug-likeness (QED) is 0.624. The van der Waals surface area contributed by atoms with E-state index in [4.69, 9.17) is 0 Å². The zero-order valence-corrected chi connectivity index (χ0v) is 7.17. The Balaban J connectivity index is 0.000000480. The molecule has 1 aromatic heterocycles. The average molecular weight is 188 g/mol. The summed E-state index contributed by atoms with van der Waals surface area (Å²) in [6.07, 6.45) is 0. The number of thiophene rings is 1. The fourth-order valence-electron chi connectivity index (χ4n) is 1.54. The number of halogens is 1. The predicted octanol–water partition coefficient (Wildman–Crippen LogP) is 1.38. The first-order chi connectivity index (χ1) is 4.88. The zero-order valence-electron chi connectivity index (χ0n) is 5.53. The number of ketones is 1.